The lowest BCUT2D eigenvalue weighted by atomic mass is 9.96. The first-order valence-corrected chi connectivity index (χ1v) is 7.80. The highest BCUT2D eigenvalue weighted by Crippen LogP contribution is 2.29. The highest BCUT2D eigenvalue weighted by atomic mass is 32.1. The van der Waals surface area contributed by atoms with E-state index in [1.54, 1.807) is 22.7 Å². The van der Waals surface area contributed by atoms with Crippen LogP contribution in [-0.2, 0) is 0 Å². The fraction of sp³-hybridized carbons (Fsp3) is 0.500. The van der Waals surface area contributed by atoms with Crippen molar-refractivity contribution in [1.82, 2.24) is 10.2 Å². The largest absolute Gasteiger partial charge is 0.357 e. The summed E-state index contributed by atoms with van der Waals surface area (Å²) in [6.45, 7) is 0. The van der Waals surface area contributed by atoms with Crippen LogP contribution in [0.3, 0.4) is 0 Å². The van der Waals surface area contributed by atoms with E-state index in [-0.39, 0.29) is 0 Å². The molecule has 0 spiro atoms. The van der Waals surface area contributed by atoms with Gasteiger partial charge in [0.15, 0.2) is 0 Å². The zero-order valence-corrected chi connectivity index (χ0v) is 11.2. The Morgan fingerprint density at radius 3 is 2.82 bits per heavy atom. The summed E-state index contributed by atoms with van der Waals surface area (Å²) in [5.41, 5.74) is 1.18. The van der Waals surface area contributed by atoms with Gasteiger partial charge >= 0.3 is 0 Å². The van der Waals surface area contributed by atoms with Crippen molar-refractivity contribution in [3.8, 4) is 10.6 Å². The quantitative estimate of drug-likeness (QED) is 0.911. The molecule has 2 heterocycles. The molecule has 0 atom stereocenters. The molecule has 1 saturated carbocycles. The molecule has 0 saturated heterocycles. The summed E-state index contributed by atoms with van der Waals surface area (Å²) in [5.74, 6) is 0. The van der Waals surface area contributed by atoms with E-state index >= 15 is 0 Å². The lowest BCUT2D eigenvalue weighted by molar-refractivity contribution is 0.462. The average Bonchev–Trinajstić information content (AvgIpc) is 3.00. The van der Waals surface area contributed by atoms with Crippen LogP contribution in [0.2, 0.25) is 0 Å². The van der Waals surface area contributed by atoms with E-state index in [1.165, 1.54) is 37.7 Å². The average molecular weight is 265 g/mol. The van der Waals surface area contributed by atoms with E-state index in [0.717, 1.165) is 10.1 Å². The fourth-order valence-corrected chi connectivity index (χ4v) is 3.74. The number of hydrogen-bond donors (Lipinski definition) is 1. The van der Waals surface area contributed by atoms with Crippen molar-refractivity contribution >= 4 is 27.8 Å². The van der Waals surface area contributed by atoms with Crippen molar-refractivity contribution in [1.29, 1.82) is 0 Å². The van der Waals surface area contributed by atoms with Gasteiger partial charge in [0, 0.05) is 17.0 Å². The van der Waals surface area contributed by atoms with E-state index in [9.17, 15) is 0 Å². The van der Waals surface area contributed by atoms with Crippen LogP contribution >= 0.6 is 22.7 Å². The summed E-state index contributed by atoms with van der Waals surface area (Å²) in [4.78, 5) is 0. The van der Waals surface area contributed by atoms with Gasteiger partial charge in [-0.2, -0.15) is 11.3 Å². The molecule has 2 aromatic rings. The van der Waals surface area contributed by atoms with Gasteiger partial charge in [-0.15, -0.1) is 10.2 Å². The lowest BCUT2D eigenvalue weighted by Crippen LogP contribution is -2.21. The summed E-state index contributed by atoms with van der Waals surface area (Å²) in [7, 11) is 0. The summed E-state index contributed by atoms with van der Waals surface area (Å²) >= 11 is 3.36. The van der Waals surface area contributed by atoms with Gasteiger partial charge in [0.25, 0.3) is 0 Å². The fourth-order valence-electron chi connectivity index (χ4n) is 2.21. The molecule has 0 unspecified atom stereocenters. The minimum atomic E-state index is 0.604. The zero-order chi connectivity index (χ0) is 11.5. The maximum absolute atomic E-state index is 4.24. The third-order valence-electron chi connectivity index (χ3n) is 3.13. The molecule has 1 aliphatic carbocycles. The van der Waals surface area contributed by atoms with Gasteiger partial charge in [0.2, 0.25) is 5.13 Å². The number of hydrogen-bond acceptors (Lipinski definition) is 5. The minimum absolute atomic E-state index is 0.604. The highest BCUT2D eigenvalue weighted by Gasteiger charge is 2.15. The van der Waals surface area contributed by atoms with Crippen molar-refractivity contribution in [3.63, 3.8) is 0 Å². The lowest BCUT2D eigenvalue weighted by Gasteiger charge is -2.21. The second-order valence-electron chi connectivity index (χ2n) is 4.40. The summed E-state index contributed by atoms with van der Waals surface area (Å²) < 4.78 is 0. The molecule has 0 amide bonds. The van der Waals surface area contributed by atoms with Gasteiger partial charge in [-0.05, 0) is 24.3 Å². The van der Waals surface area contributed by atoms with Crippen LogP contribution < -0.4 is 5.32 Å². The maximum atomic E-state index is 4.24. The molecule has 0 aromatic carbocycles. The van der Waals surface area contributed by atoms with Crippen LogP contribution in [-0.4, -0.2) is 16.2 Å². The molecule has 17 heavy (non-hydrogen) atoms. The first-order chi connectivity index (χ1) is 8.42. The van der Waals surface area contributed by atoms with E-state index in [4.69, 9.17) is 0 Å². The number of rotatable bonds is 3. The normalized spacial score (nSPS) is 17.2. The van der Waals surface area contributed by atoms with Crippen LogP contribution in [0.5, 0.6) is 0 Å². The first kappa shape index (κ1) is 11.2. The number of thiophene rings is 1. The van der Waals surface area contributed by atoms with E-state index in [2.05, 4.69) is 32.3 Å². The topological polar surface area (TPSA) is 37.8 Å². The molecule has 1 N–H and O–H groups in total. The van der Waals surface area contributed by atoms with Gasteiger partial charge in [0.05, 0.1) is 0 Å². The van der Waals surface area contributed by atoms with Gasteiger partial charge in [-0.3, -0.25) is 0 Å². The van der Waals surface area contributed by atoms with Crippen LogP contribution in [0.4, 0.5) is 5.13 Å². The standard InChI is InChI=1S/C12H15N3S2/c1-2-4-10(5-3-1)13-12-15-14-11(17-12)9-6-7-16-8-9/h6-8,10H,1-5H2,(H,13,15). The summed E-state index contributed by atoms with van der Waals surface area (Å²) in [6, 6.07) is 2.70. The van der Waals surface area contributed by atoms with Crippen LogP contribution in [0, 0.1) is 0 Å². The molecule has 2 aromatic heterocycles. The van der Waals surface area contributed by atoms with Gasteiger partial charge in [-0.1, -0.05) is 30.6 Å². The molecule has 90 valence electrons. The van der Waals surface area contributed by atoms with Gasteiger partial charge in [-0.25, -0.2) is 0 Å². The van der Waals surface area contributed by atoms with Crippen molar-refractivity contribution in [2.75, 3.05) is 5.32 Å². The Balaban J connectivity index is 1.68. The Morgan fingerprint density at radius 1 is 1.18 bits per heavy atom. The van der Waals surface area contributed by atoms with Gasteiger partial charge in [0.1, 0.15) is 5.01 Å². The Bertz CT molecular complexity index is 458. The maximum Gasteiger partial charge on any atom is 0.206 e. The second kappa shape index (κ2) is 5.14. The monoisotopic (exact) mass is 265 g/mol. The van der Waals surface area contributed by atoms with E-state index in [0.29, 0.717) is 6.04 Å². The van der Waals surface area contributed by atoms with Crippen LogP contribution in [0.15, 0.2) is 16.8 Å². The second-order valence-corrected chi connectivity index (χ2v) is 6.16. The van der Waals surface area contributed by atoms with Crippen molar-refractivity contribution < 1.29 is 0 Å². The minimum Gasteiger partial charge on any atom is -0.357 e. The molecule has 3 nitrogen and oxygen atoms in total. The summed E-state index contributed by atoms with van der Waals surface area (Å²) in [5, 5.41) is 18.2. The molecule has 1 fully saturated rings. The van der Waals surface area contributed by atoms with E-state index < -0.39 is 0 Å². The Morgan fingerprint density at radius 2 is 2.06 bits per heavy atom. The summed E-state index contributed by atoms with van der Waals surface area (Å²) in [6.07, 6.45) is 6.61. The van der Waals surface area contributed by atoms with Crippen LogP contribution in [0.1, 0.15) is 32.1 Å². The molecular formula is C12H15N3S2. The van der Waals surface area contributed by atoms with Crippen molar-refractivity contribution in [2.24, 2.45) is 0 Å². The highest BCUT2D eigenvalue weighted by molar-refractivity contribution is 7.18. The molecule has 1 aliphatic rings. The van der Waals surface area contributed by atoms with Crippen molar-refractivity contribution in [3.05, 3.63) is 16.8 Å². The molecule has 3 rings (SSSR count). The first-order valence-electron chi connectivity index (χ1n) is 6.04. The third kappa shape index (κ3) is 2.66. The predicted molar refractivity (Wildman–Crippen MR) is 73.7 cm³/mol. The van der Waals surface area contributed by atoms with Gasteiger partial charge < -0.3 is 5.32 Å². The predicted octanol–water partition coefficient (Wildman–Crippen LogP) is 4.01. The third-order valence-corrected chi connectivity index (χ3v) is 4.71. The van der Waals surface area contributed by atoms with Crippen molar-refractivity contribution in [2.45, 2.75) is 38.1 Å². The number of anilines is 1. The number of nitrogens with one attached hydrogen (secondary N) is 1. The molecule has 5 heteroatoms. The number of aromatic nitrogens is 2. The Hall–Kier alpha value is -0.940. The smallest absolute Gasteiger partial charge is 0.206 e. The Labute approximate surface area is 109 Å². The SMILES string of the molecule is c1cc(-c2nnc(NC3CCCCC3)s2)cs1. The Kier molecular flexibility index (Phi) is 3.38. The number of nitrogens with zero attached hydrogens (tertiary/aromatic N) is 2. The molecule has 0 radical (unpaired) electrons. The molecular weight excluding hydrogens is 250 g/mol. The zero-order valence-electron chi connectivity index (χ0n) is 9.56. The molecule has 0 aliphatic heterocycles. The van der Waals surface area contributed by atoms with E-state index in [1.807, 2.05) is 0 Å². The van der Waals surface area contributed by atoms with Crippen LogP contribution in [0.25, 0.3) is 10.6 Å². The molecule has 0 bridgehead atoms.